The van der Waals surface area contributed by atoms with Gasteiger partial charge in [0.15, 0.2) is 0 Å². The number of benzene rings is 2. The summed E-state index contributed by atoms with van der Waals surface area (Å²) < 4.78 is 40.7. The molecule has 29 heavy (non-hydrogen) atoms. The van der Waals surface area contributed by atoms with Crippen LogP contribution in [0.2, 0.25) is 0 Å². The van der Waals surface area contributed by atoms with Crippen molar-refractivity contribution in [2.45, 2.75) is 24.2 Å². The number of carbonyl (C=O) groups excluding carboxylic acids is 1. The number of nitrogens with one attached hydrogen (secondary N) is 2. The standard InChI is InChI=1S/C19H19FN4O3S2/c20-14-6-9-16-17(12-14)28-19(21-16)23-22-18(25)13-4-7-15(8-5-13)29(26,27)24-10-2-1-3-11-24/h4-9,12H,1-3,10-11H2,(H,21,23)(H,22,25). The number of anilines is 1. The van der Waals surface area contributed by atoms with Gasteiger partial charge in [-0.25, -0.2) is 17.8 Å². The van der Waals surface area contributed by atoms with Gasteiger partial charge in [0.2, 0.25) is 15.2 Å². The zero-order valence-electron chi connectivity index (χ0n) is 15.4. The van der Waals surface area contributed by atoms with Crippen molar-refractivity contribution in [2.24, 2.45) is 0 Å². The number of amides is 1. The number of carbonyl (C=O) groups is 1. The van der Waals surface area contributed by atoms with Gasteiger partial charge in [-0.05, 0) is 55.3 Å². The van der Waals surface area contributed by atoms with E-state index in [0.29, 0.717) is 34.0 Å². The van der Waals surface area contributed by atoms with E-state index < -0.39 is 15.9 Å². The Morgan fingerprint density at radius 1 is 1.07 bits per heavy atom. The van der Waals surface area contributed by atoms with Gasteiger partial charge in [0.05, 0.1) is 15.1 Å². The van der Waals surface area contributed by atoms with Crippen LogP contribution in [0.1, 0.15) is 29.6 Å². The maximum Gasteiger partial charge on any atom is 0.269 e. The molecule has 2 heterocycles. The highest BCUT2D eigenvalue weighted by molar-refractivity contribution is 7.89. The minimum atomic E-state index is -3.53. The lowest BCUT2D eigenvalue weighted by atomic mass is 10.2. The first kappa shape index (κ1) is 19.7. The normalized spacial score (nSPS) is 15.3. The van der Waals surface area contributed by atoms with Gasteiger partial charge in [-0.1, -0.05) is 17.8 Å². The zero-order chi connectivity index (χ0) is 20.4. The van der Waals surface area contributed by atoms with Crippen LogP contribution in [-0.2, 0) is 10.0 Å². The third-order valence-electron chi connectivity index (χ3n) is 4.70. The van der Waals surface area contributed by atoms with Crippen LogP contribution in [0.5, 0.6) is 0 Å². The Bertz CT molecular complexity index is 1140. The molecule has 152 valence electrons. The highest BCUT2D eigenvalue weighted by atomic mass is 32.2. The Labute approximate surface area is 171 Å². The van der Waals surface area contributed by atoms with E-state index in [2.05, 4.69) is 15.8 Å². The highest BCUT2D eigenvalue weighted by Gasteiger charge is 2.25. The van der Waals surface area contributed by atoms with Crippen LogP contribution in [0.3, 0.4) is 0 Å². The first-order chi connectivity index (χ1) is 13.9. The van der Waals surface area contributed by atoms with Gasteiger partial charge in [0.25, 0.3) is 5.91 Å². The number of sulfonamides is 1. The Morgan fingerprint density at radius 2 is 1.79 bits per heavy atom. The minimum Gasteiger partial charge on any atom is -0.273 e. The molecular weight excluding hydrogens is 415 g/mol. The summed E-state index contributed by atoms with van der Waals surface area (Å²) in [5, 5.41) is 0.420. The molecule has 3 aromatic rings. The number of piperidine rings is 1. The molecule has 1 saturated heterocycles. The summed E-state index contributed by atoms with van der Waals surface area (Å²) in [4.78, 5) is 16.8. The van der Waals surface area contributed by atoms with Gasteiger partial charge in [0.1, 0.15) is 5.82 Å². The van der Waals surface area contributed by atoms with Gasteiger partial charge in [-0.15, -0.1) is 0 Å². The number of hydrazine groups is 1. The van der Waals surface area contributed by atoms with Crippen molar-refractivity contribution in [3.05, 3.63) is 53.8 Å². The van der Waals surface area contributed by atoms with E-state index in [-0.39, 0.29) is 10.7 Å². The first-order valence-electron chi connectivity index (χ1n) is 9.16. The number of thiazole rings is 1. The lowest BCUT2D eigenvalue weighted by Gasteiger charge is -2.25. The third-order valence-corrected chi connectivity index (χ3v) is 7.55. The molecule has 1 aliphatic heterocycles. The molecule has 0 atom stereocenters. The van der Waals surface area contributed by atoms with Crippen molar-refractivity contribution < 1.29 is 17.6 Å². The van der Waals surface area contributed by atoms with E-state index >= 15 is 0 Å². The van der Waals surface area contributed by atoms with Crippen LogP contribution in [0.4, 0.5) is 9.52 Å². The Kier molecular flexibility index (Phi) is 5.48. The molecule has 4 rings (SSSR count). The largest absolute Gasteiger partial charge is 0.273 e. The molecule has 0 spiro atoms. The predicted octanol–water partition coefficient (Wildman–Crippen LogP) is 3.37. The van der Waals surface area contributed by atoms with Crippen LogP contribution in [0.15, 0.2) is 47.4 Å². The molecule has 0 bridgehead atoms. The van der Waals surface area contributed by atoms with E-state index in [1.165, 1.54) is 52.0 Å². The quantitative estimate of drug-likeness (QED) is 0.601. The lowest BCUT2D eigenvalue weighted by molar-refractivity contribution is 0.0962. The van der Waals surface area contributed by atoms with E-state index in [4.69, 9.17) is 0 Å². The topological polar surface area (TPSA) is 91.4 Å². The molecule has 2 aromatic carbocycles. The molecule has 0 radical (unpaired) electrons. The van der Waals surface area contributed by atoms with Gasteiger partial charge in [-0.3, -0.25) is 15.6 Å². The molecule has 0 saturated carbocycles. The summed E-state index contributed by atoms with van der Waals surface area (Å²) in [7, 11) is -3.53. The summed E-state index contributed by atoms with van der Waals surface area (Å²) in [6.07, 6.45) is 2.77. The van der Waals surface area contributed by atoms with Crippen molar-refractivity contribution in [2.75, 3.05) is 18.5 Å². The third kappa shape index (κ3) is 4.24. The van der Waals surface area contributed by atoms with Gasteiger partial charge < -0.3 is 0 Å². The number of hydrogen-bond donors (Lipinski definition) is 2. The Balaban J connectivity index is 1.42. The Morgan fingerprint density at radius 3 is 2.52 bits per heavy atom. The van der Waals surface area contributed by atoms with Gasteiger partial charge >= 0.3 is 0 Å². The van der Waals surface area contributed by atoms with Crippen LogP contribution in [0, 0.1) is 5.82 Å². The first-order valence-corrected chi connectivity index (χ1v) is 11.4. The van der Waals surface area contributed by atoms with Gasteiger partial charge in [0, 0.05) is 18.7 Å². The summed E-state index contributed by atoms with van der Waals surface area (Å²) in [5.74, 6) is -0.784. The summed E-state index contributed by atoms with van der Waals surface area (Å²) in [6.45, 7) is 1.06. The molecule has 1 aromatic heterocycles. The number of hydrogen-bond acceptors (Lipinski definition) is 6. The molecule has 0 aliphatic carbocycles. The molecular formula is C19H19FN4O3S2. The molecule has 1 aliphatic rings. The van der Waals surface area contributed by atoms with Crippen LogP contribution in [0.25, 0.3) is 10.2 Å². The second-order valence-corrected chi connectivity index (χ2v) is 9.67. The second kappa shape index (κ2) is 8.05. The van der Waals surface area contributed by atoms with Crippen LogP contribution < -0.4 is 10.9 Å². The van der Waals surface area contributed by atoms with Crippen molar-refractivity contribution >= 4 is 42.6 Å². The van der Waals surface area contributed by atoms with Crippen molar-refractivity contribution in [1.29, 1.82) is 0 Å². The number of halogens is 1. The predicted molar refractivity (Wildman–Crippen MR) is 110 cm³/mol. The maximum atomic E-state index is 13.3. The van der Waals surface area contributed by atoms with Crippen LogP contribution >= 0.6 is 11.3 Å². The lowest BCUT2D eigenvalue weighted by Crippen LogP contribution is -2.35. The van der Waals surface area contributed by atoms with Crippen LogP contribution in [-0.4, -0.2) is 36.7 Å². The van der Waals surface area contributed by atoms with E-state index in [0.717, 1.165) is 19.3 Å². The summed E-state index contributed by atoms with van der Waals surface area (Å²) >= 11 is 1.21. The number of fused-ring (bicyclic) bond motifs is 1. The van der Waals surface area contributed by atoms with Crippen molar-refractivity contribution in [1.82, 2.24) is 14.7 Å². The molecule has 0 unspecified atom stereocenters. The highest BCUT2D eigenvalue weighted by Crippen LogP contribution is 2.26. The monoisotopic (exact) mass is 434 g/mol. The molecule has 10 heteroatoms. The number of rotatable bonds is 5. The SMILES string of the molecule is O=C(NNc1nc2ccc(F)cc2s1)c1ccc(S(=O)(=O)N2CCCCC2)cc1. The molecule has 1 fully saturated rings. The average molecular weight is 435 g/mol. The Hall–Kier alpha value is -2.56. The summed E-state index contributed by atoms with van der Waals surface area (Å²) in [6, 6.07) is 10.1. The average Bonchev–Trinajstić information content (AvgIpc) is 3.14. The molecule has 1 amide bonds. The maximum absolute atomic E-state index is 13.3. The number of nitrogens with zero attached hydrogens (tertiary/aromatic N) is 2. The summed E-state index contributed by atoms with van der Waals surface area (Å²) in [5.41, 5.74) is 6.16. The second-order valence-electron chi connectivity index (χ2n) is 6.70. The fraction of sp³-hybridized carbons (Fsp3) is 0.263. The van der Waals surface area contributed by atoms with E-state index in [1.807, 2.05) is 0 Å². The minimum absolute atomic E-state index is 0.178. The number of aromatic nitrogens is 1. The van der Waals surface area contributed by atoms with E-state index in [9.17, 15) is 17.6 Å². The zero-order valence-corrected chi connectivity index (χ0v) is 17.0. The molecule has 7 nitrogen and oxygen atoms in total. The molecule has 2 N–H and O–H groups in total. The fourth-order valence-corrected chi connectivity index (χ4v) is 5.53. The van der Waals surface area contributed by atoms with Crippen molar-refractivity contribution in [3.8, 4) is 0 Å². The van der Waals surface area contributed by atoms with Gasteiger partial charge in [-0.2, -0.15) is 4.31 Å². The van der Waals surface area contributed by atoms with Crippen molar-refractivity contribution in [3.63, 3.8) is 0 Å². The van der Waals surface area contributed by atoms with E-state index in [1.54, 1.807) is 6.07 Å². The fourth-order valence-electron chi connectivity index (χ4n) is 3.17. The smallest absolute Gasteiger partial charge is 0.269 e.